The van der Waals surface area contributed by atoms with E-state index in [1.165, 1.54) is 50.5 Å². The van der Waals surface area contributed by atoms with E-state index in [-0.39, 0.29) is 5.97 Å². The molecule has 1 aromatic carbocycles. The summed E-state index contributed by atoms with van der Waals surface area (Å²) in [6.07, 6.45) is 11.5. The predicted molar refractivity (Wildman–Crippen MR) is 120 cm³/mol. The van der Waals surface area contributed by atoms with Crippen LogP contribution in [-0.4, -0.2) is 36.7 Å². The molecule has 1 aromatic rings. The molecule has 0 atom stereocenters. The first-order chi connectivity index (χ1) is 13.6. The molecule has 0 amide bonds. The Labute approximate surface area is 174 Å². The van der Waals surface area contributed by atoms with Crippen molar-refractivity contribution in [2.75, 3.05) is 26.2 Å². The van der Waals surface area contributed by atoms with Crippen LogP contribution in [0.1, 0.15) is 101 Å². The summed E-state index contributed by atoms with van der Waals surface area (Å²) in [6.45, 7) is 14.0. The Balaban J connectivity index is 2.25. The summed E-state index contributed by atoms with van der Waals surface area (Å²) in [5, 5.41) is 0. The molecule has 3 nitrogen and oxygen atoms in total. The van der Waals surface area contributed by atoms with Gasteiger partial charge >= 0.3 is 5.97 Å². The molecule has 0 spiro atoms. The SMILES string of the molecule is CCCCCCCCCCCOC(=O)c1ccc(C[N+](CC)(CC)CC)cc1. The summed E-state index contributed by atoms with van der Waals surface area (Å²) in [6, 6.07) is 8.01. The Morgan fingerprint density at radius 2 is 1.25 bits per heavy atom. The van der Waals surface area contributed by atoms with Gasteiger partial charge in [0, 0.05) is 5.56 Å². The van der Waals surface area contributed by atoms with Crippen molar-refractivity contribution >= 4 is 5.97 Å². The van der Waals surface area contributed by atoms with Crippen molar-refractivity contribution in [1.29, 1.82) is 0 Å². The average Bonchev–Trinajstić information content (AvgIpc) is 2.74. The first-order valence-electron chi connectivity index (χ1n) is 11.7. The molecule has 0 bridgehead atoms. The van der Waals surface area contributed by atoms with Gasteiger partial charge in [0.05, 0.1) is 31.8 Å². The number of nitrogens with zero attached hydrogens (tertiary/aromatic N) is 1. The second-order valence-electron chi connectivity index (χ2n) is 8.11. The molecular formula is C25H44NO2+. The van der Waals surface area contributed by atoms with Gasteiger partial charge in [0.15, 0.2) is 0 Å². The Hall–Kier alpha value is -1.35. The molecule has 0 fully saturated rings. The van der Waals surface area contributed by atoms with E-state index >= 15 is 0 Å². The maximum absolute atomic E-state index is 12.2. The van der Waals surface area contributed by atoms with Gasteiger partial charge in [0.1, 0.15) is 6.54 Å². The molecule has 0 radical (unpaired) electrons. The number of benzene rings is 1. The largest absolute Gasteiger partial charge is 0.462 e. The standard InChI is InChI=1S/C25H44NO2/c1-5-9-10-11-12-13-14-15-16-21-28-25(27)24-19-17-23(18-20-24)22-26(6-2,7-3)8-4/h17-20H,5-16,21-22H2,1-4H3/q+1. The molecule has 0 aromatic heterocycles. The van der Waals surface area contributed by atoms with E-state index in [4.69, 9.17) is 4.74 Å². The van der Waals surface area contributed by atoms with Crippen molar-refractivity contribution in [3.8, 4) is 0 Å². The van der Waals surface area contributed by atoms with Crippen molar-refractivity contribution < 1.29 is 14.0 Å². The van der Waals surface area contributed by atoms with E-state index in [1.54, 1.807) is 0 Å². The number of ether oxygens (including phenoxy) is 1. The molecule has 0 saturated carbocycles. The maximum Gasteiger partial charge on any atom is 0.338 e. The van der Waals surface area contributed by atoms with E-state index < -0.39 is 0 Å². The van der Waals surface area contributed by atoms with Crippen LogP contribution >= 0.6 is 0 Å². The van der Waals surface area contributed by atoms with Gasteiger partial charge in [-0.3, -0.25) is 0 Å². The third-order valence-electron chi connectivity index (χ3n) is 6.20. The second-order valence-corrected chi connectivity index (χ2v) is 8.11. The molecule has 0 aliphatic rings. The van der Waals surface area contributed by atoms with Crippen LogP contribution in [0.2, 0.25) is 0 Å². The zero-order chi connectivity index (χ0) is 20.7. The van der Waals surface area contributed by atoms with Crippen LogP contribution in [-0.2, 0) is 11.3 Å². The van der Waals surface area contributed by atoms with Gasteiger partial charge in [0.2, 0.25) is 0 Å². The third-order valence-corrected chi connectivity index (χ3v) is 6.20. The van der Waals surface area contributed by atoms with E-state index in [0.717, 1.165) is 43.5 Å². The smallest absolute Gasteiger partial charge is 0.338 e. The monoisotopic (exact) mass is 390 g/mol. The average molecular weight is 391 g/mol. The maximum atomic E-state index is 12.2. The molecule has 0 saturated heterocycles. The van der Waals surface area contributed by atoms with Crippen LogP contribution < -0.4 is 0 Å². The van der Waals surface area contributed by atoms with Crippen LogP contribution in [0.4, 0.5) is 0 Å². The zero-order valence-corrected chi connectivity index (χ0v) is 19.0. The van der Waals surface area contributed by atoms with Gasteiger partial charge in [-0.1, -0.05) is 70.4 Å². The zero-order valence-electron chi connectivity index (χ0n) is 19.0. The lowest BCUT2D eigenvalue weighted by Gasteiger charge is -2.35. The fraction of sp³-hybridized carbons (Fsp3) is 0.720. The summed E-state index contributed by atoms with van der Waals surface area (Å²) in [7, 11) is 0. The van der Waals surface area contributed by atoms with E-state index in [0.29, 0.717) is 12.2 Å². The Kier molecular flexibility index (Phi) is 12.9. The van der Waals surface area contributed by atoms with Crippen molar-refractivity contribution in [2.45, 2.75) is 92.0 Å². The molecular weight excluding hydrogens is 346 g/mol. The fourth-order valence-electron chi connectivity index (χ4n) is 3.80. The lowest BCUT2D eigenvalue weighted by Crippen LogP contribution is -2.46. The van der Waals surface area contributed by atoms with Crippen molar-refractivity contribution in [3.63, 3.8) is 0 Å². The number of carbonyl (C=O) groups is 1. The van der Waals surface area contributed by atoms with Crippen LogP contribution in [0.5, 0.6) is 0 Å². The number of carbonyl (C=O) groups excluding carboxylic acids is 1. The van der Waals surface area contributed by atoms with Gasteiger partial charge in [-0.15, -0.1) is 0 Å². The van der Waals surface area contributed by atoms with Gasteiger partial charge in [-0.05, 0) is 39.3 Å². The van der Waals surface area contributed by atoms with Crippen LogP contribution in [0, 0.1) is 0 Å². The van der Waals surface area contributed by atoms with Gasteiger partial charge in [0.25, 0.3) is 0 Å². The number of hydrogen-bond donors (Lipinski definition) is 0. The number of esters is 1. The summed E-state index contributed by atoms with van der Waals surface area (Å²) >= 11 is 0. The molecule has 3 heteroatoms. The highest BCUT2D eigenvalue weighted by molar-refractivity contribution is 5.89. The van der Waals surface area contributed by atoms with Crippen molar-refractivity contribution in [2.24, 2.45) is 0 Å². The third kappa shape index (κ3) is 9.23. The molecule has 0 heterocycles. The highest BCUT2D eigenvalue weighted by atomic mass is 16.5. The summed E-state index contributed by atoms with van der Waals surface area (Å²) in [5.41, 5.74) is 1.96. The van der Waals surface area contributed by atoms with Crippen molar-refractivity contribution in [1.82, 2.24) is 0 Å². The molecule has 0 N–H and O–H groups in total. The molecule has 1 rings (SSSR count). The Morgan fingerprint density at radius 1 is 0.750 bits per heavy atom. The van der Waals surface area contributed by atoms with Crippen LogP contribution in [0.3, 0.4) is 0 Å². The molecule has 0 aliphatic carbocycles. The number of unbranched alkanes of at least 4 members (excludes halogenated alkanes) is 8. The van der Waals surface area contributed by atoms with Gasteiger partial charge in [-0.25, -0.2) is 4.79 Å². The number of hydrogen-bond acceptors (Lipinski definition) is 2. The lowest BCUT2D eigenvalue weighted by molar-refractivity contribution is -0.936. The minimum absolute atomic E-state index is 0.187. The summed E-state index contributed by atoms with van der Waals surface area (Å²) < 4.78 is 6.53. The van der Waals surface area contributed by atoms with Crippen LogP contribution in [0.25, 0.3) is 0 Å². The number of rotatable bonds is 16. The van der Waals surface area contributed by atoms with Gasteiger partial charge in [-0.2, -0.15) is 0 Å². The second kappa shape index (κ2) is 14.6. The first kappa shape index (κ1) is 24.7. The first-order valence-corrected chi connectivity index (χ1v) is 11.7. The summed E-state index contributed by atoms with van der Waals surface area (Å²) in [4.78, 5) is 12.2. The quantitative estimate of drug-likeness (QED) is 0.177. The fourth-order valence-corrected chi connectivity index (χ4v) is 3.80. The predicted octanol–water partition coefficient (Wildman–Crippen LogP) is 6.75. The lowest BCUT2D eigenvalue weighted by atomic mass is 10.1. The van der Waals surface area contributed by atoms with Crippen LogP contribution in [0.15, 0.2) is 24.3 Å². The van der Waals surface area contributed by atoms with Gasteiger partial charge < -0.3 is 9.22 Å². The molecule has 0 aliphatic heterocycles. The molecule has 160 valence electrons. The molecule has 28 heavy (non-hydrogen) atoms. The minimum Gasteiger partial charge on any atom is -0.462 e. The Bertz CT molecular complexity index is 512. The summed E-state index contributed by atoms with van der Waals surface area (Å²) in [5.74, 6) is -0.187. The Morgan fingerprint density at radius 3 is 1.75 bits per heavy atom. The topological polar surface area (TPSA) is 26.3 Å². The normalized spacial score (nSPS) is 11.6. The minimum atomic E-state index is -0.187. The highest BCUT2D eigenvalue weighted by Crippen LogP contribution is 2.16. The number of quaternary nitrogens is 1. The van der Waals surface area contributed by atoms with E-state index in [1.807, 2.05) is 12.1 Å². The molecule has 0 unspecified atom stereocenters. The van der Waals surface area contributed by atoms with E-state index in [2.05, 4.69) is 39.8 Å². The van der Waals surface area contributed by atoms with Crippen molar-refractivity contribution in [3.05, 3.63) is 35.4 Å². The highest BCUT2D eigenvalue weighted by Gasteiger charge is 2.21. The van der Waals surface area contributed by atoms with E-state index in [9.17, 15) is 4.79 Å².